The molecule has 0 radical (unpaired) electrons. The summed E-state index contributed by atoms with van der Waals surface area (Å²) in [6.45, 7) is 0. The van der Waals surface area contributed by atoms with Crippen LogP contribution in [0, 0.1) is 0 Å². The van der Waals surface area contributed by atoms with E-state index in [1.807, 2.05) is 60.7 Å². The van der Waals surface area contributed by atoms with Gasteiger partial charge < -0.3 is 14.2 Å². The summed E-state index contributed by atoms with van der Waals surface area (Å²) < 4.78 is 17.4. The topological polar surface area (TPSA) is 27.7 Å². The van der Waals surface area contributed by atoms with Gasteiger partial charge in [0.15, 0.2) is 5.76 Å². The minimum absolute atomic E-state index is 0.630. The highest BCUT2D eigenvalue weighted by Crippen LogP contribution is 2.42. The van der Waals surface area contributed by atoms with Crippen LogP contribution in [0.25, 0.3) is 6.08 Å². The van der Waals surface area contributed by atoms with E-state index in [1.54, 1.807) is 14.2 Å². The summed E-state index contributed by atoms with van der Waals surface area (Å²) in [5.41, 5.74) is 1.87. The van der Waals surface area contributed by atoms with E-state index in [1.165, 1.54) is 0 Å². The lowest BCUT2D eigenvalue weighted by atomic mass is 9.98. The highest BCUT2D eigenvalue weighted by Gasteiger charge is 2.43. The summed E-state index contributed by atoms with van der Waals surface area (Å²) >= 11 is 0. The number of rotatable bonds is 3. The predicted molar refractivity (Wildman–Crippen MR) is 77.2 cm³/mol. The van der Waals surface area contributed by atoms with E-state index in [0.717, 1.165) is 16.9 Å². The molecule has 3 nitrogen and oxygen atoms in total. The van der Waals surface area contributed by atoms with Crippen LogP contribution >= 0.6 is 0 Å². The van der Waals surface area contributed by atoms with Crippen LogP contribution in [0.5, 0.6) is 5.75 Å². The molecule has 3 heteroatoms. The van der Waals surface area contributed by atoms with E-state index < -0.39 is 5.79 Å². The van der Waals surface area contributed by atoms with Crippen molar-refractivity contribution in [2.45, 2.75) is 5.79 Å². The fraction of sp³-hybridized carbons (Fsp3) is 0.176. The molecule has 0 saturated heterocycles. The van der Waals surface area contributed by atoms with Gasteiger partial charge in [0.1, 0.15) is 5.75 Å². The molecule has 0 aromatic heterocycles. The molecule has 0 spiro atoms. The number of methoxy groups -OCH3 is 2. The molecule has 0 N–H and O–H groups in total. The van der Waals surface area contributed by atoms with E-state index >= 15 is 0 Å². The highest BCUT2D eigenvalue weighted by atomic mass is 16.7. The fourth-order valence-corrected chi connectivity index (χ4v) is 2.45. The maximum atomic E-state index is 6.14. The van der Waals surface area contributed by atoms with Crippen molar-refractivity contribution in [2.24, 2.45) is 0 Å². The van der Waals surface area contributed by atoms with Gasteiger partial charge in [0.2, 0.25) is 0 Å². The molecule has 1 aliphatic heterocycles. The maximum absolute atomic E-state index is 6.14. The normalized spacial score (nSPS) is 20.6. The molecule has 0 bridgehead atoms. The van der Waals surface area contributed by atoms with E-state index in [-0.39, 0.29) is 0 Å². The van der Waals surface area contributed by atoms with Crippen molar-refractivity contribution in [2.75, 3.05) is 14.2 Å². The van der Waals surface area contributed by atoms with Gasteiger partial charge in [0, 0.05) is 18.2 Å². The van der Waals surface area contributed by atoms with Crippen molar-refractivity contribution in [1.82, 2.24) is 0 Å². The average molecular weight is 268 g/mol. The molecule has 102 valence electrons. The third kappa shape index (κ3) is 1.87. The lowest BCUT2D eigenvalue weighted by Gasteiger charge is -2.37. The Hall–Kier alpha value is -2.26. The van der Waals surface area contributed by atoms with Crippen molar-refractivity contribution in [3.05, 3.63) is 71.5 Å². The monoisotopic (exact) mass is 268 g/mol. The van der Waals surface area contributed by atoms with Crippen LogP contribution in [0.3, 0.4) is 0 Å². The summed E-state index contributed by atoms with van der Waals surface area (Å²) in [5, 5.41) is 0. The molecule has 1 heterocycles. The van der Waals surface area contributed by atoms with E-state index in [4.69, 9.17) is 14.2 Å². The van der Waals surface area contributed by atoms with Crippen LogP contribution in [0.2, 0.25) is 0 Å². The summed E-state index contributed by atoms with van der Waals surface area (Å²) in [6, 6.07) is 17.6. The zero-order valence-corrected chi connectivity index (χ0v) is 11.5. The van der Waals surface area contributed by atoms with Gasteiger partial charge in [-0.3, -0.25) is 0 Å². The van der Waals surface area contributed by atoms with Crippen LogP contribution in [-0.2, 0) is 15.3 Å². The smallest absolute Gasteiger partial charge is 0.296 e. The summed E-state index contributed by atoms with van der Waals surface area (Å²) in [7, 11) is 3.24. The van der Waals surface area contributed by atoms with Crippen LogP contribution in [0.4, 0.5) is 0 Å². The zero-order chi connectivity index (χ0) is 14.0. The van der Waals surface area contributed by atoms with E-state index in [0.29, 0.717) is 5.76 Å². The highest BCUT2D eigenvalue weighted by molar-refractivity contribution is 5.63. The van der Waals surface area contributed by atoms with Gasteiger partial charge in [-0.15, -0.1) is 0 Å². The molecule has 0 amide bonds. The molecule has 2 aromatic rings. The molecule has 1 aliphatic rings. The van der Waals surface area contributed by atoms with Gasteiger partial charge in [-0.1, -0.05) is 48.5 Å². The zero-order valence-electron chi connectivity index (χ0n) is 11.5. The Balaban J connectivity index is 2.18. The summed E-state index contributed by atoms with van der Waals surface area (Å²) in [5.74, 6) is 0.369. The number of fused-ring (bicyclic) bond motifs is 1. The molecule has 1 atom stereocenters. The number of hydrogen-bond donors (Lipinski definition) is 0. The lowest BCUT2D eigenvalue weighted by molar-refractivity contribution is -0.168. The van der Waals surface area contributed by atoms with Gasteiger partial charge in [0.05, 0.1) is 7.11 Å². The Morgan fingerprint density at radius 2 is 1.60 bits per heavy atom. The third-order valence-corrected chi connectivity index (χ3v) is 3.44. The maximum Gasteiger partial charge on any atom is 0.296 e. The molecule has 3 rings (SSSR count). The SMILES string of the molecule is COC1=Cc2ccccc2OC1(OC)c1ccccc1. The van der Waals surface area contributed by atoms with Gasteiger partial charge >= 0.3 is 0 Å². The molecule has 2 aromatic carbocycles. The van der Waals surface area contributed by atoms with Crippen LogP contribution in [0.15, 0.2) is 60.4 Å². The predicted octanol–water partition coefficient (Wildman–Crippen LogP) is 3.57. The number of ether oxygens (including phenoxy) is 3. The van der Waals surface area contributed by atoms with Crippen molar-refractivity contribution < 1.29 is 14.2 Å². The van der Waals surface area contributed by atoms with Gasteiger partial charge in [-0.05, 0) is 12.1 Å². The molecular weight excluding hydrogens is 252 g/mol. The quantitative estimate of drug-likeness (QED) is 0.851. The van der Waals surface area contributed by atoms with E-state index in [9.17, 15) is 0 Å². The Morgan fingerprint density at radius 1 is 0.900 bits per heavy atom. The van der Waals surface area contributed by atoms with Crippen LogP contribution < -0.4 is 4.74 Å². The second kappa shape index (κ2) is 5.02. The van der Waals surface area contributed by atoms with Gasteiger partial charge in [-0.25, -0.2) is 0 Å². The average Bonchev–Trinajstić information content (AvgIpc) is 2.54. The minimum atomic E-state index is -1.04. The van der Waals surface area contributed by atoms with Gasteiger partial charge in [-0.2, -0.15) is 0 Å². The van der Waals surface area contributed by atoms with E-state index in [2.05, 4.69) is 0 Å². The second-order valence-corrected chi connectivity index (χ2v) is 4.54. The standard InChI is InChI=1S/C17H16O3/c1-18-16-12-13-8-6-7-11-15(13)20-17(16,19-2)14-9-4-3-5-10-14/h3-12H,1-2H3. The number of benzene rings is 2. The Bertz CT molecular complexity index is 634. The van der Waals surface area contributed by atoms with Gasteiger partial charge in [0.25, 0.3) is 5.79 Å². The second-order valence-electron chi connectivity index (χ2n) is 4.54. The first kappa shape index (κ1) is 12.8. The molecule has 1 unspecified atom stereocenters. The summed E-state index contributed by atoms with van der Waals surface area (Å²) in [6.07, 6.45) is 1.95. The minimum Gasteiger partial charge on any atom is -0.494 e. The molecule has 20 heavy (non-hydrogen) atoms. The largest absolute Gasteiger partial charge is 0.494 e. The lowest BCUT2D eigenvalue weighted by Crippen LogP contribution is -2.40. The van der Waals surface area contributed by atoms with Crippen LogP contribution in [-0.4, -0.2) is 14.2 Å². The third-order valence-electron chi connectivity index (χ3n) is 3.44. The first-order chi connectivity index (χ1) is 9.80. The van der Waals surface area contributed by atoms with Crippen molar-refractivity contribution in [1.29, 1.82) is 0 Å². The molecular formula is C17H16O3. The number of para-hydroxylation sites is 1. The first-order valence-electron chi connectivity index (χ1n) is 6.45. The number of hydrogen-bond acceptors (Lipinski definition) is 3. The molecule has 0 saturated carbocycles. The van der Waals surface area contributed by atoms with Crippen molar-refractivity contribution >= 4 is 6.08 Å². The molecule has 0 aliphatic carbocycles. The fourth-order valence-electron chi connectivity index (χ4n) is 2.45. The Labute approximate surface area is 118 Å². The molecule has 0 fully saturated rings. The first-order valence-corrected chi connectivity index (χ1v) is 6.45. The van der Waals surface area contributed by atoms with Crippen molar-refractivity contribution in [3.8, 4) is 5.75 Å². The Morgan fingerprint density at radius 3 is 2.30 bits per heavy atom. The van der Waals surface area contributed by atoms with Crippen molar-refractivity contribution in [3.63, 3.8) is 0 Å². The summed E-state index contributed by atoms with van der Waals surface area (Å²) in [4.78, 5) is 0. The Kier molecular flexibility index (Phi) is 3.20. The van der Waals surface area contributed by atoms with Crippen LogP contribution in [0.1, 0.15) is 11.1 Å².